The van der Waals surface area contributed by atoms with Crippen molar-refractivity contribution in [2.24, 2.45) is 0 Å². The first-order valence-corrected chi connectivity index (χ1v) is 13.5. The fraction of sp³-hybridized carbons (Fsp3) is 0.385. The first-order chi connectivity index (χ1) is 17.9. The Morgan fingerprint density at radius 2 is 2.00 bits per heavy atom. The number of ether oxygens (including phenoxy) is 1. The molecule has 6 rings (SSSR count). The molecular formula is C26H26ClN5O4S. The van der Waals surface area contributed by atoms with Crippen LogP contribution >= 0.6 is 22.9 Å². The number of nitrogens with one attached hydrogen (secondary N) is 1. The lowest BCUT2D eigenvalue weighted by Crippen LogP contribution is -2.50. The van der Waals surface area contributed by atoms with Crippen LogP contribution in [-0.4, -0.2) is 83.4 Å². The van der Waals surface area contributed by atoms with Gasteiger partial charge in [-0.05, 0) is 24.3 Å². The Morgan fingerprint density at radius 1 is 1.19 bits per heavy atom. The van der Waals surface area contributed by atoms with Gasteiger partial charge in [0.25, 0.3) is 5.91 Å². The highest BCUT2D eigenvalue weighted by Gasteiger charge is 2.35. The smallest absolute Gasteiger partial charge is 0.326 e. The minimum atomic E-state index is -0.574. The van der Waals surface area contributed by atoms with Gasteiger partial charge in [-0.1, -0.05) is 11.6 Å². The normalized spacial score (nSPS) is 19.9. The molecule has 37 heavy (non-hydrogen) atoms. The van der Waals surface area contributed by atoms with E-state index in [1.165, 1.54) is 16.2 Å². The number of benzene rings is 1. The average molecular weight is 540 g/mol. The van der Waals surface area contributed by atoms with Crippen LogP contribution in [0.1, 0.15) is 16.9 Å². The lowest BCUT2D eigenvalue weighted by Gasteiger charge is -2.31. The molecule has 0 radical (unpaired) electrons. The third-order valence-corrected chi connectivity index (χ3v) is 8.45. The summed E-state index contributed by atoms with van der Waals surface area (Å²) < 4.78 is 7.20. The number of pyridine rings is 1. The number of carbonyl (C=O) groups excluding carboxylic acids is 3. The molecule has 9 nitrogen and oxygen atoms in total. The number of piperazine rings is 1. The first-order valence-electron chi connectivity index (χ1n) is 12.3. The second-order valence-corrected chi connectivity index (χ2v) is 11.1. The highest BCUT2D eigenvalue weighted by atomic mass is 35.5. The van der Waals surface area contributed by atoms with E-state index in [1.54, 1.807) is 18.1 Å². The van der Waals surface area contributed by atoms with Crippen molar-refractivity contribution < 1.29 is 19.1 Å². The second-order valence-electron chi connectivity index (χ2n) is 9.55. The molecule has 3 aromatic rings. The van der Waals surface area contributed by atoms with Crippen LogP contribution in [0.25, 0.3) is 21.3 Å². The van der Waals surface area contributed by atoms with E-state index in [0.29, 0.717) is 43.2 Å². The number of aromatic nitrogens is 1. The monoisotopic (exact) mass is 539 g/mol. The van der Waals surface area contributed by atoms with Gasteiger partial charge in [0.05, 0.1) is 16.8 Å². The summed E-state index contributed by atoms with van der Waals surface area (Å²) in [5.41, 5.74) is 3.38. The van der Waals surface area contributed by atoms with E-state index in [2.05, 4.69) is 10.3 Å². The predicted molar refractivity (Wildman–Crippen MR) is 141 cm³/mol. The first kappa shape index (κ1) is 24.1. The van der Waals surface area contributed by atoms with Crippen molar-refractivity contribution in [3.05, 3.63) is 45.9 Å². The summed E-state index contributed by atoms with van der Waals surface area (Å²) in [5.74, 6) is 0.497. The maximum atomic E-state index is 13.2. The van der Waals surface area contributed by atoms with Crippen LogP contribution in [0, 0.1) is 0 Å². The van der Waals surface area contributed by atoms with Crippen molar-refractivity contribution in [1.29, 1.82) is 0 Å². The van der Waals surface area contributed by atoms with Gasteiger partial charge in [-0.3, -0.25) is 19.5 Å². The zero-order valence-electron chi connectivity index (χ0n) is 20.3. The van der Waals surface area contributed by atoms with Crippen LogP contribution in [0.2, 0.25) is 5.02 Å². The van der Waals surface area contributed by atoms with Crippen LogP contribution in [0.4, 0.5) is 4.79 Å². The van der Waals surface area contributed by atoms with E-state index in [-0.39, 0.29) is 24.4 Å². The third kappa shape index (κ3) is 4.43. The summed E-state index contributed by atoms with van der Waals surface area (Å²) in [7, 11) is 1.70. The predicted octanol–water partition coefficient (Wildman–Crippen LogP) is 3.14. The highest BCUT2D eigenvalue weighted by molar-refractivity contribution is 7.19. The molecule has 3 aliphatic heterocycles. The molecule has 3 aliphatic rings. The molecule has 5 heterocycles. The van der Waals surface area contributed by atoms with Gasteiger partial charge in [-0.15, -0.1) is 11.3 Å². The summed E-state index contributed by atoms with van der Waals surface area (Å²) >= 11 is 8.02. The van der Waals surface area contributed by atoms with Gasteiger partial charge in [-0.25, -0.2) is 4.79 Å². The number of thiophene rings is 1. The number of hydrogen-bond acceptors (Lipinski definition) is 7. The molecule has 1 unspecified atom stereocenters. The van der Waals surface area contributed by atoms with Gasteiger partial charge < -0.3 is 19.9 Å². The number of nitrogens with zero attached hydrogens (tertiary/aromatic N) is 4. The van der Waals surface area contributed by atoms with Crippen LogP contribution in [0.3, 0.4) is 0 Å². The van der Waals surface area contributed by atoms with Crippen LogP contribution < -0.4 is 10.1 Å². The van der Waals surface area contributed by atoms with Crippen molar-refractivity contribution >= 4 is 51.0 Å². The zero-order chi connectivity index (χ0) is 25.7. The maximum absolute atomic E-state index is 13.2. The molecule has 2 saturated heterocycles. The van der Waals surface area contributed by atoms with Crippen molar-refractivity contribution in [3.63, 3.8) is 0 Å². The lowest BCUT2D eigenvalue weighted by atomic mass is 10.0. The van der Waals surface area contributed by atoms with Crippen molar-refractivity contribution in [1.82, 2.24) is 25.0 Å². The molecule has 0 bridgehead atoms. The highest BCUT2D eigenvalue weighted by Crippen LogP contribution is 2.45. The van der Waals surface area contributed by atoms with Gasteiger partial charge in [0.15, 0.2) is 6.10 Å². The van der Waals surface area contributed by atoms with Gasteiger partial charge in [0, 0.05) is 85.4 Å². The Labute approximate surface area is 222 Å². The Balaban J connectivity index is 1.33. The molecule has 0 saturated carbocycles. The van der Waals surface area contributed by atoms with E-state index in [4.69, 9.17) is 16.3 Å². The molecule has 1 aromatic carbocycles. The molecule has 192 valence electrons. The van der Waals surface area contributed by atoms with Gasteiger partial charge in [0.2, 0.25) is 5.91 Å². The zero-order valence-corrected chi connectivity index (χ0v) is 21.9. The lowest BCUT2D eigenvalue weighted by molar-refractivity contribution is -0.138. The molecule has 0 aliphatic carbocycles. The summed E-state index contributed by atoms with van der Waals surface area (Å²) in [4.78, 5) is 48.2. The standard InChI is InChI=1S/C26H26ClN5O4S/c1-30-7-3-22(33)32(26(30)35)14-17-13-20-24(37-17)18(2-4-29-20)19-12-16(27)10-15-11-21(36-23(15)19)25(34)31-8-5-28-6-9-31/h2,4,10,12-13,21,28H,3,5-9,11,14H2,1H3. The number of urea groups is 1. The maximum Gasteiger partial charge on any atom is 0.326 e. The van der Waals surface area contributed by atoms with Crippen molar-refractivity contribution in [3.8, 4) is 16.9 Å². The quantitative estimate of drug-likeness (QED) is 0.547. The van der Waals surface area contributed by atoms with E-state index < -0.39 is 6.10 Å². The van der Waals surface area contributed by atoms with Gasteiger partial charge in [-0.2, -0.15) is 0 Å². The second kappa shape index (κ2) is 9.59. The number of carbonyl (C=O) groups is 3. The van der Waals surface area contributed by atoms with Crippen molar-refractivity contribution in [2.45, 2.75) is 25.5 Å². The summed E-state index contributed by atoms with van der Waals surface area (Å²) in [6, 6.07) is 7.27. The minimum absolute atomic E-state index is 0.00103. The molecule has 0 spiro atoms. The number of hydrogen-bond donors (Lipinski definition) is 1. The summed E-state index contributed by atoms with van der Waals surface area (Å²) in [6.45, 7) is 3.54. The van der Waals surface area contributed by atoms with E-state index in [0.717, 1.165) is 44.9 Å². The molecule has 1 N–H and O–H groups in total. The number of imide groups is 1. The Hall–Kier alpha value is -3.21. The van der Waals surface area contributed by atoms with Crippen molar-refractivity contribution in [2.75, 3.05) is 39.8 Å². The number of halogens is 1. The number of rotatable bonds is 4. The van der Waals surface area contributed by atoms with E-state index >= 15 is 0 Å². The van der Waals surface area contributed by atoms with Crippen LogP contribution in [-0.2, 0) is 22.6 Å². The van der Waals surface area contributed by atoms with Crippen LogP contribution in [0.5, 0.6) is 5.75 Å². The average Bonchev–Trinajstić information content (AvgIpc) is 3.52. The Bertz CT molecular complexity index is 1420. The van der Waals surface area contributed by atoms with Crippen LogP contribution in [0.15, 0.2) is 30.5 Å². The topological polar surface area (TPSA) is 95.1 Å². The number of amides is 4. The Kier molecular flexibility index (Phi) is 6.26. The fourth-order valence-corrected chi connectivity index (χ4v) is 6.52. The van der Waals surface area contributed by atoms with E-state index in [9.17, 15) is 14.4 Å². The third-order valence-electron chi connectivity index (χ3n) is 7.09. The largest absolute Gasteiger partial charge is 0.479 e. The molecule has 2 fully saturated rings. The fourth-order valence-electron chi connectivity index (χ4n) is 5.15. The van der Waals surface area contributed by atoms with Gasteiger partial charge >= 0.3 is 6.03 Å². The summed E-state index contributed by atoms with van der Waals surface area (Å²) in [5, 5.41) is 3.84. The SMILES string of the molecule is CN1CCC(=O)N(Cc2cc3nccc(-c4cc(Cl)cc5c4OC(C(=O)N4CCNCC4)C5)c3s2)C1=O. The number of fused-ring (bicyclic) bond motifs is 2. The molecule has 2 aromatic heterocycles. The summed E-state index contributed by atoms with van der Waals surface area (Å²) in [6.07, 6.45) is 1.94. The van der Waals surface area contributed by atoms with E-state index in [1.807, 2.05) is 29.2 Å². The molecule has 11 heteroatoms. The van der Waals surface area contributed by atoms with Gasteiger partial charge in [0.1, 0.15) is 5.75 Å². The molecule has 1 atom stereocenters. The Morgan fingerprint density at radius 3 is 2.81 bits per heavy atom. The molecule has 4 amide bonds. The minimum Gasteiger partial charge on any atom is -0.479 e. The molecular weight excluding hydrogens is 514 g/mol.